The Hall–Kier alpha value is -2.69. The van der Waals surface area contributed by atoms with Crippen molar-refractivity contribution < 1.29 is 14.0 Å². The minimum atomic E-state index is -0.281. The topological polar surface area (TPSA) is 49.4 Å². The van der Waals surface area contributed by atoms with Gasteiger partial charge in [-0.1, -0.05) is 18.2 Å². The zero-order valence-corrected chi connectivity index (χ0v) is 13.5. The molecule has 4 nitrogen and oxygen atoms in total. The SMILES string of the molecule is Cc1ccc(CNC(=O)c2cccc(N3CCCC3=O)c2)cc1F. The third-order valence-electron chi connectivity index (χ3n) is 4.18. The average Bonchev–Trinajstić information content (AvgIpc) is 3.02. The van der Waals surface area contributed by atoms with Gasteiger partial charge in [-0.2, -0.15) is 0 Å². The summed E-state index contributed by atoms with van der Waals surface area (Å²) < 4.78 is 13.5. The number of hydrogen-bond acceptors (Lipinski definition) is 2. The Morgan fingerprint density at radius 1 is 1.25 bits per heavy atom. The molecule has 3 rings (SSSR count). The fourth-order valence-electron chi connectivity index (χ4n) is 2.77. The molecular weight excluding hydrogens is 307 g/mol. The molecule has 2 aromatic carbocycles. The lowest BCUT2D eigenvalue weighted by molar-refractivity contribution is -0.117. The van der Waals surface area contributed by atoms with Crippen molar-refractivity contribution in [3.63, 3.8) is 0 Å². The van der Waals surface area contributed by atoms with Gasteiger partial charge in [0.2, 0.25) is 5.91 Å². The molecule has 24 heavy (non-hydrogen) atoms. The molecule has 0 spiro atoms. The Bertz CT molecular complexity index is 789. The number of anilines is 1. The van der Waals surface area contributed by atoms with E-state index in [2.05, 4.69) is 5.32 Å². The standard InChI is InChI=1S/C19H19FN2O2/c1-13-7-8-14(10-17(13)20)12-21-19(24)15-4-2-5-16(11-15)22-9-3-6-18(22)23/h2,4-5,7-8,10-11H,3,6,9,12H2,1H3,(H,21,24). The van der Waals surface area contributed by atoms with Crippen LogP contribution in [-0.2, 0) is 11.3 Å². The number of halogens is 1. The van der Waals surface area contributed by atoms with Crippen LogP contribution < -0.4 is 10.2 Å². The molecule has 1 aliphatic heterocycles. The van der Waals surface area contributed by atoms with E-state index in [-0.39, 0.29) is 24.2 Å². The number of aryl methyl sites for hydroxylation is 1. The maximum absolute atomic E-state index is 13.5. The summed E-state index contributed by atoms with van der Waals surface area (Å²) >= 11 is 0. The van der Waals surface area contributed by atoms with Gasteiger partial charge in [0.25, 0.3) is 5.91 Å². The smallest absolute Gasteiger partial charge is 0.251 e. The van der Waals surface area contributed by atoms with Gasteiger partial charge in [-0.3, -0.25) is 9.59 Å². The van der Waals surface area contributed by atoms with Crippen molar-refractivity contribution in [2.75, 3.05) is 11.4 Å². The first kappa shape index (κ1) is 16.2. The van der Waals surface area contributed by atoms with Crippen LogP contribution >= 0.6 is 0 Å². The predicted octanol–water partition coefficient (Wildman–Crippen LogP) is 3.19. The molecular formula is C19H19FN2O2. The second kappa shape index (κ2) is 6.83. The van der Waals surface area contributed by atoms with E-state index in [1.54, 1.807) is 42.2 Å². The van der Waals surface area contributed by atoms with E-state index in [0.717, 1.165) is 12.1 Å². The third-order valence-corrected chi connectivity index (χ3v) is 4.18. The van der Waals surface area contributed by atoms with E-state index in [1.165, 1.54) is 6.07 Å². The minimum Gasteiger partial charge on any atom is -0.348 e. The summed E-state index contributed by atoms with van der Waals surface area (Å²) in [6.45, 7) is 2.64. The molecule has 124 valence electrons. The van der Waals surface area contributed by atoms with Crippen LogP contribution in [-0.4, -0.2) is 18.4 Å². The summed E-state index contributed by atoms with van der Waals surface area (Å²) in [6.07, 6.45) is 1.39. The van der Waals surface area contributed by atoms with Gasteiger partial charge in [-0.15, -0.1) is 0 Å². The van der Waals surface area contributed by atoms with Crippen LogP contribution in [0.1, 0.15) is 34.3 Å². The number of nitrogens with zero attached hydrogens (tertiary/aromatic N) is 1. The number of benzene rings is 2. The lowest BCUT2D eigenvalue weighted by Gasteiger charge is -2.16. The molecule has 2 amide bonds. The van der Waals surface area contributed by atoms with Gasteiger partial charge in [0.05, 0.1) is 0 Å². The van der Waals surface area contributed by atoms with E-state index in [1.807, 2.05) is 6.07 Å². The van der Waals surface area contributed by atoms with Gasteiger partial charge in [0, 0.05) is 30.8 Å². The van der Waals surface area contributed by atoms with Gasteiger partial charge in [0.1, 0.15) is 5.82 Å². The minimum absolute atomic E-state index is 0.0858. The molecule has 0 bridgehead atoms. The van der Waals surface area contributed by atoms with E-state index < -0.39 is 0 Å². The molecule has 1 aliphatic rings. The monoisotopic (exact) mass is 326 g/mol. The summed E-state index contributed by atoms with van der Waals surface area (Å²) in [5, 5.41) is 2.78. The molecule has 2 aromatic rings. The summed E-state index contributed by atoms with van der Waals surface area (Å²) in [6, 6.07) is 11.9. The van der Waals surface area contributed by atoms with Crippen molar-refractivity contribution >= 4 is 17.5 Å². The molecule has 0 aliphatic carbocycles. The van der Waals surface area contributed by atoms with Crippen molar-refractivity contribution in [3.05, 3.63) is 65.0 Å². The Kier molecular flexibility index (Phi) is 4.60. The zero-order chi connectivity index (χ0) is 17.1. The molecule has 0 unspecified atom stereocenters. The highest BCUT2D eigenvalue weighted by Gasteiger charge is 2.22. The molecule has 0 radical (unpaired) electrons. The molecule has 0 saturated carbocycles. The second-order valence-corrected chi connectivity index (χ2v) is 5.97. The maximum atomic E-state index is 13.5. The normalized spacial score (nSPS) is 14.1. The van der Waals surface area contributed by atoms with Crippen LogP contribution in [0, 0.1) is 12.7 Å². The van der Waals surface area contributed by atoms with Gasteiger partial charge >= 0.3 is 0 Å². The van der Waals surface area contributed by atoms with Crippen LogP contribution in [0.3, 0.4) is 0 Å². The number of nitrogens with one attached hydrogen (secondary N) is 1. The fourth-order valence-corrected chi connectivity index (χ4v) is 2.77. The van der Waals surface area contributed by atoms with Gasteiger partial charge in [0.15, 0.2) is 0 Å². The predicted molar refractivity (Wildman–Crippen MR) is 90.3 cm³/mol. The van der Waals surface area contributed by atoms with Crippen molar-refractivity contribution in [2.45, 2.75) is 26.3 Å². The zero-order valence-electron chi connectivity index (χ0n) is 13.5. The van der Waals surface area contributed by atoms with Crippen LogP contribution in [0.15, 0.2) is 42.5 Å². The maximum Gasteiger partial charge on any atom is 0.251 e. The van der Waals surface area contributed by atoms with Crippen LogP contribution in [0.5, 0.6) is 0 Å². The van der Waals surface area contributed by atoms with Crippen LogP contribution in [0.4, 0.5) is 10.1 Å². The Labute approximate surface area is 140 Å². The Balaban J connectivity index is 1.68. The van der Waals surface area contributed by atoms with Crippen molar-refractivity contribution in [3.8, 4) is 0 Å². The van der Waals surface area contributed by atoms with E-state index in [4.69, 9.17) is 0 Å². The van der Waals surface area contributed by atoms with Gasteiger partial charge in [-0.25, -0.2) is 4.39 Å². The van der Waals surface area contributed by atoms with Gasteiger partial charge < -0.3 is 10.2 Å². The number of amides is 2. The lowest BCUT2D eigenvalue weighted by Crippen LogP contribution is -2.25. The van der Waals surface area contributed by atoms with Crippen molar-refractivity contribution in [2.24, 2.45) is 0 Å². The summed E-state index contributed by atoms with van der Waals surface area (Å²) in [7, 11) is 0. The number of carbonyl (C=O) groups excluding carboxylic acids is 2. The molecule has 1 N–H and O–H groups in total. The van der Waals surface area contributed by atoms with Crippen LogP contribution in [0.2, 0.25) is 0 Å². The molecule has 1 heterocycles. The quantitative estimate of drug-likeness (QED) is 0.938. The number of rotatable bonds is 4. The summed E-state index contributed by atoms with van der Waals surface area (Å²) in [4.78, 5) is 25.8. The van der Waals surface area contributed by atoms with Crippen molar-refractivity contribution in [1.29, 1.82) is 0 Å². The fraction of sp³-hybridized carbons (Fsp3) is 0.263. The highest BCUT2D eigenvalue weighted by molar-refractivity contribution is 5.99. The van der Waals surface area contributed by atoms with Gasteiger partial charge in [-0.05, 0) is 48.7 Å². The van der Waals surface area contributed by atoms with E-state index in [9.17, 15) is 14.0 Å². The highest BCUT2D eigenvalue weighted by atomic mass is 19.1. The highest BCUT2D eigenvalue weighted by Crippen LogP contribution is 2.22. The molecule has 1 saturated heterocycles. The first-order valence-electron chi connectivity index (χ1n) is 7.98. The summed E-state index contributed by atoms with van der Waals surface area (Å²) in [5.74, 6) is -0.441. The Morgan fingerprint density at radius 2 is 2.08 bits per heavy atom. The van der Waals surface area contributed by atoms with E-state index in [0.29, 0.717) is 29.7 Å². The first-order valence-corrected chi connectivity index (χ1v) is 7.98. The summed E-state index contributed by atoms with van der Waals surface area (Å²) in [5.41, 5.74) is 2.51. The average molecular weight is 326 g/mol. The molecule has 1 fully saturated rings. The van der Waals surface area contributed by atoms with Crippen LogP contribution in [0.25, 0.3) is 0 Å². The molecule has 5 heteroatoms. The number of carbonyl (C=O) groups is 2. The van der Waals surface area contributed by atoms with E-state index >= 15 is 0 Å². The largest absolute Gasteiger partial charge is 0.348 e. The molecule has 0 atom stereocenters. The Morgan fingerprint density at radius 3 is 2.79 bits per heavy atom. The second-order valence-electron chi connectivity index (χ2n) is 5.97. The lowest BCUT2D eigenvalue weighted by atomic mass is 10.1. The third kappa shape index (κ3) is 3.45. The molecule has 0 aromatic heterocycles. The first-order chi connectivity index (χ1) is 11.5. The van der Waals surface area contributed by atoms with Crippen molar-refractivity contribution in [1.82, 2.24) is 5.32 Å². The number of hydrogen-bond donors (Lipinski definition) is 1.